The second-order valence-corrected chi connectivity index (χ2v) is 8.27. The van der Waals surface area contributed by atoms with Crippen molar-refractivity contribution in [1.29, 1.82) is 0 Å². The molecule has 0 fully saturated rings. The number of nitro benzene ring substituents is 2. The van der Waals surface area contributed by atoms with Crippen molar-refractivity contribution in [1.82, 2.24) is 0 Å². The zero-order chi connectivity index (χ0) is 23.9. The molecular formula is C21H20N2O8S. The molecule has 0 bridgehead atoms. The SMILES string of the molecule is Cc1cc([N+](=O)[O-])cc([N+](=O)[O-])c1O.Cc1ccc(S(=O)(=O)OCc2ccccc2)cc1. The van der Waals surface area contributed by atoms with Crippen molar-refractivity contribution < 1.29 is 27.6 Å². The van der Waals surface area contributed by atoms with Crippen LogP contribution < -0.4 is 0 Å². The summed E-state index contributed by atoms with van der Waals surface area (Å²) in [6, 6.07) is 17.6. The first kappa shape index (κ1) is 24.4. The van der Waals surface area contributed by atoms with Gasteiger partial charge in [-0.3, -0.25) is 24.4 Å². The topological polar surface area (TPSA) is 150 Å². The van der Waals surface area contributed by atoms with Crippen LogP contribution in [0.1, 0.15) is 16.7 Å². The molecular weight excluding hydrogens is 440 g/mol. The van der Waals surface area contributed by atoms with Crippen LogP contribution in [0.3, 0.4) is 0 Å². The van der Waals surface area contributed by atoms with E-state index in [1.54, 1.807) is 24.3 Å². The number of hydrogen-bond donors (Lipinski definition) is 1. The van der Waals surface area contributed by atoms with Crippen molar-refractivity contribution in [3.8, 4) is 5.75 Å². The smallest absolute Gasteiger partial charge is 0.317 e. The molecule has 3 rings (SSSR count). The summed E-state index contributed by atoms with van der Waals surface area (Å²) >= 11 is 0. The molecule has 0 amide bonds. The number of aromatic hydroxyl groups is 1. The number of non-ortho nitro benzene ring substituents is 1. The van der Waals surface area contributed by atoms with Gasteiger partial charge < -0.3 is 5.11 Å². The number of nitrogens with zero attached hydrogens (tertiary/aromatic N) is 2. The minimum Gasteiger partial charge on any atom is -0.502 e. The lowest BCUT2D eigenvalue weighted by Crippen LogP contribution is -2.06. The molecule has 0 spiro atoms. The molecule has 11 heteroatoms. The first-order chi connectivity index (χ1) is 15.0. The van der Waals surface area contributed by atoms with Crippen LogP contribution in [0.4, 0.5) is 11.4 Å². The van der Waals surface area contributed by atoms with Crippen molar-refractivity contribution in [3.05, 3.63) is 104 Å². The van der Waals surface area contributed by atoms with Crippen molar-refractivity contribution >= 4 is 21.5 Å². The summed E-state index contributed by atoms with van der Waals surface area (Å²) in [4.78, 5) is 19.3. The van der Waals surface area contributed by atoms with Crippen LogP contribution in [0.25, 0.3) is 0 Å². The van der Waals surface area contributed by atoms with Gasteiger partial charge in [0, 0.05) is 11.6 Å². The number of hydrogen-bond acceptors (Lipinski definition) is 8. The van der Waals surface area contributed by atoms with Crippen LogP contribution in [0.5, 0.6) is 5.75 Å². The van der Waals surface area contributed by atoms with Crippen LogP contribution in [0, 0.1) is 34.1 Å². The fraction of sp³-hybridized carbons (Fsp3) is 0.143. The predicted molar refractivity (Wildman–Crippen MR) is 116 cm³/mol. The fourth-order valence-corrected chi connectivity index (χ4v) is 3.38. The van der Waals surface area contributed by atoms with Crippen molar-refractivity contribution in [3.63, 3.8) is 0 Å². The predicted octanol–water partition coefficient (Wildman–Crippen LogP) is 4.42. The molecule has 10 nitrogen and oxygen atoms in total. The second kappa shape index (κ2) is 10.5. The van der Waals surface area contributed by atoms with Crippen LogP contribution in [0.15, 0.2) is 71.6 Å². The van der Waals surface area contributed by atoms with Crippen LogP contribution >= 0.6 is 0 Å². The molecule has 0 heterocycles. The second-order valence-electron chi connectivity index (χ2n) is 6.66. The molecule has 1 N–H and O–H groups in total. The normalized spacial score (nSPS) is 10.7. The molecule has 0 saturated heterocycles. The lowest BCUT2D eigenvalue weighted by Gasteiger charge is -2.06. The number of aryl methyl sites for hydroxylation is 2. The Kier molecular flexibility index (Phi) is 7.99. The third kappa shape index (κ3) is 6.59. The summed E-state index contributed by atoms with van der Waals surface area (Å²) < 4.78 is 28.8. The Hall–Kier alpha value is -3.83. The highest BCUT2D eigenvalue weighted by atomic mass is 32.2. The van der Waals surface area contributed by atoms with E-state index in [1.165, 1.54) is 6.92 Å². The van der Waals surface area contributed by atoms with E-state index in [4.69, 9.17) is 4.18 Å². The highest BCUT2D eigenvalue weighted by Gasteiger charge is 2.21. The van der Waals surface area contributed by atoms with Gasteiger partial charge in [-0.1, -0.05) is 48.0 Å². The van der Waals surface area contributed by atoms with Gasteiger partial charge in [0.05, 0.1) is 27.4 Å². The lowest BCUT2D eigenvalue weighted by atomic mass is 10.1. The van der Waals surface area contributed by atoms with Crippen LogP contribution in [0.2, 0.25) is 0 Å². The zero-order valence-electron chi connectivity index (χ0n) is 17.2. The van der Waals surface area contributed by atoms with Gasteiger partial charge in [-0.25, -0.2) is 0 Å². The van der Waals surface area contributed by atoms with E-state index in [0.29, 0.717) is 0 Å². The molecule has 0 unspecified atom stereocenters. The Bertz CT molecular complexity index is 1210. The van der Waals surface area contributed by atoms with E-state index < -0.39 is 37.1 Å². The van der Waals surface area contributed by atoms with Crippen molar-refractivity contribution in [2.75, 3.05) is 0 Å². The number of phenolic OH excluding ortho intramolecular Hbond substituents is 1. The van der Waals surface area contributed by atoms with Gasteiger partial charge >= 0.3 is 5.69 Å². The summed E-state index contributed by atoms with van der Waals surface area (Å²) in [7, 11) is -3.68. The van der Waals surface area contributed by atoms with Crippen molar-refractivity contribution in [2.24, 2.45) is 0 Å². The highest BCUT2D eigenvalue weighted by molar-refractivity contribution is 7.86. The summed E-state index contributed by atoms with van der Waals surface area (Å²) in [5, 5.41) is 29.9. The van der Waals surface area contributed by atoms with Gasteiger partial charge in [0.15, 0.2) is 5.75 Å². The quantitative estimate of drug-likeness (QED) is 0.323. The molecule has 0 aromatic heterocycles. The molecule has 0 aliphatic carbocycles. The molecule has 32 heavy (non-hydrogen) atoms. The zero-order valence-corrected chi connectivity index (χ0v) is 18.0. The molecule has 168 valence electrons. The van der Waals surface area contributed by atoms with Gasteiger partial charge in [0.2, 0.25) is 0 Å². The van der Waals surface area contributed by atoms with Crippen LogP contribution in [-0.2, 0) is 20.9 Å². The number of benzene rings is 3. The Morgan fingerprint density at radius 1 is 0.906 bits per heavy atom. The molecule has 0 aliphatic heterocycles. The minimum atomic E-state index is -3.68. The summed E-state index contributed by atoms with van der Waals surface area (Å²) in [6.45, 7) is 3.31. The molecule has 3 aromatic rings. The number of phenols is 1. The van der Waals surface area contributed by atoms with Crippen LogP contribution in [-0.4, -0.2) is 23.4 Å². The van der Waals surface area contributed by atoms with Gasteiger partial charge in [0.25, 0.3) is 15.8 Å². The first-order valence-corrected chi connectivity index (χ1v) is 10.5. The Morgan fingerprint density at radius 2 is 1.50 bits per heavy atom. The maximum atomic E-state index is 11.9. The summed E-state index contributed by atoms with van der Waals surface area (Å²) in [5.74, 6) is -0.541. The summed E-state index contributed by atoms with van der Waals surface area (Å²) in [5.41, 5.74) is 0.875. The van der Waals surface area contributed by atoms with E-state index >= 15 is 0 Å². The molecule has 0 aliphatic rings. The minimum absolute atomic E-state index is 0.0526. The van der Waals surface area contributed by atoms with E-state index in [2.05, 4.69) is 0 Å². The summed E-state index contributed by atoms with van der Waals surface area (Å²) in [6.07, 6.45) is 0. The Balaban J connectivity index is 0.000000235. The maximum absolute atomic E-state index is 11.9. The van der Waals surface area contributed by atoms with E-state index in [9.17, 15) is 33.8 Å². The van der Waals surface area contributed by atoms with E-state index in [1.807, 2.05) is 37.3 Å². The monoisotopic (exact) mass is 460 g/mol. The largest absolute Gasteiger partial charge is 0.502 e. The average Bonchev–Trinajstić information content (AvgIpc) is 2.75. The van der Waals surface area contributed by atoms with Gasteiger partial charge in [0.1, 0.15) is 0 Å². The van der Waals surface area contributed by atoms with Gasteiger partial charge in [-0.05, 0) is 31.5 Å². The third-order valence-corrected chi connectivity index (χ3v) is 5.48. The average molecular weight is 460 g/mol. The third-order valence-electron chi connectivity index (χ3n) is 4.21. The Labute approximate surface area is 184 Å². The number of rotatable bonds is 6. The lowest BCUT2D eigenvalue weighted by molar-refractivity contribution is -0.394. The van der Waals surface area contributed by atoms with Gasteiger partial charge in [-0.15, -0.1) is 0 Å². The Morgan fingerprint density at radius 3 is 2.03 bits per heavy atom. The molecule has 0 radical (unpaired) electrons. The number of nitro groups is 2. The van der Waals surface area contributed by atoms with E-state index in [0.717, 1.165) is 23.3 Å². The molecule has 0 saturated carbocycles. The maximum Gasteiger partial charge on any atom is 0.317 e. The highest BCUT2D eigenvalue weighted by Crippen LogP contribution is 2.33. The molecule has 0 atom stereocenters. The first-order valence-electron chi connectivity index (χ1n) is 9.13. The van der Waals surface area contributed by atoms with Gasteiger partial charge in [-0.2, -0.15) is 8.42 Å². The standard InChI is InChI=1S/C14H14O3S.C7H6N2O5/c1-12-7-9-14(10-8-12)18(15,16)17-11-13-5-3-2-4-6-13;1-4-2-5(8(11)12)3-6(7(4)10)9(13)14/h2-10H,11H2,1H3;2-3,10H,1H3. The van der Waals surface area contributed by atoms with Crippen molar-refractivity contribution in [2.45, 2.75) is 25.3 Å². The molecule has 3 aromatic carbocycles. The van der Waals surface area contributed by atoms with E-state index in [-0.39, 0.29) is 17.1 Å². The fourth-order valence-electron chi connectivity index (χ4n) is 2.48.